The molecule has 1 unspecified atom stereocenters. The Balaban J connectivity index is 0.00000180. The Morgan fingerprint density at radius 1 is 1.47 bits per heavy atom. The zero-order valence-corrected chi connectivity index (χ0v) is 12.1. The quantitative estimate of drug-likeness (QED) is 0.894. The van der Waals surface area contributed by atoms with Crippen molar-refractivity contribution in [1.29, 1.82) is 0 Å². The molecule has 19 heavy (non-hydrogen) atoms. The summed E-state index contributed by atoms with van der Waals surface area (Å²) in [4.78, 5) is 11.7. The van der Waals surface area contributed by atoms with Gasteiger partial charge in [0, 0.05) is 12.6 Å². The molecule has 0 aromatic heterocycles. The first-order valence-electron chi connectivity index (χ1n) is 6.13. The molecule has 1 saturated heterocycles. The number of carbonyl (C=O) groups is 1. The Bertz CT molecular complexity index is 409. The second kappa shape index (κ2) is 8.25. The van der Waals surface area contributed by atoms with E-state index in [0.29, 0.717) is 10.8 Å². The first kappa shape index (κ1) is 16.1. The molecule has 0 spiro atoms. The van der Waals surface area contributed by atoms with Gasteiger partial charge in [0.25, 0.3) is 5.91 Å². The molecular weight excluding hydrogens is 287 g/mol. The first-order valence-corrected chi connectivity index (χ1v) is 6.51. The van der Waals surface area contributed by atoms with Gasteiger partial charge in [-0.2, -0.15) is 0 Å². The SMILES string of the molecule is Cl.O=C(COc1ccccc1Cl)NC1CCCNC1. The molecule has 2 N–H and O–H groups in total. The number of ether oxygens (including phenoxy) is 1. The van der Waals surface area contributed by atoms with Crippen molar-refractivity contribution in [2.75, 3.05) is 19.7 Å². The van der Waals surface area contributed by atoms with Crippen LogP contribution in [0.1, 0.15) is 12.8 Å². The Kier molecular flexibility index (Phi) is 6.99. The van der Waals surface area contributed by atoms with Crippen molar-refractivity contribution in [3.05, 3.63) is 29.3 Å². The predicted molar refractivity (Wildman–Crippen MR) is 78.2 cm³/mol. The number of benzene rings is 1. The standard InChI is InChI=1S/C13H17ClN2O2.ClH/c14-11-5-1-2-6-12(11)18-9-13(17)16-10-4-3-7-15-8-10;/h1-2,5-6,10,15H,3-4,7-9H2,(H,16,17);1H. The summed E-state index contributed by atoms with van der Waals surface area (Å²) in [6.45, 7) is 1.86. The van der Waals surface area contributed by atoms with Crippen molar-refractivity contribution in [2.24, 2.45) is 0 Å². The minimum Gasteiger partial charge on any atom is -0.482 e. The van der Waals surface area contributed by atoms with Crippen molar-refractivity contribution < 1.29 is 9.53 Å². The van der Waals surface area contributed by atoms with E-state index in [-0.39, 0.29) is 31.0 Å². The molecule has 1 atom stereocenters. The van der Waals surface area contributed by atoms with Gasteiger partial charge in [-0.1, -0.05) is 23.7 Å². The lowest BCUT2D eigenvalue weighted by Crippen LogP contribution is -2.47. The third-order valence-corrected chi connectivity index (χ3v) is 3.17. The predicted octanol–water partition coefficient (Wildman–Crippen LogP) is 2.01. The van der Waals surface area contributed by atoms with Crippen LogP contribution >= 0.6 is 24.0 Å². The summed E-state index contributed by atoms with van der Waals surface area (Å²) in [5.74, 6) is 0.430. The molecule has 1 aromatic carbocycles. The summed E-state index contributed by atoms with van der Waals surface area (Å²) >= 11 is 5.93. The van der Waals surface area contributed by atoms with E-state index in [4.69, 9.17) is 16.3 Å². The molecular formula is C13H18Cl2N2O2. The molecule has 106 valence electrons. The number of hydrogen-bond donors (Lipinski definition) is 2. The van der Waals surface area contributed by atoms with Crippen LogP contribution in [0.3, 0.4) is 0 Å². The lowest BCUT2D eigenvalue weighted by molar-refractivity contribution is -0.123. The second-order valence-corrected chi connectivity index (χ2v) is 4.74. The van der Waals surface area contributed by atoms with E-state index in [1.54, 1.807) is 12.1 Å². The summed E-state index contributed by atoms with van der Waals surface area (Å²) in [7, 11) is 0. The van der Waals surface area contributed by atoms with Crippen LogP contribution in [0.25, 0.3) is 0 Å². The van der Waals surface area contributed by atoms with Crippen LogP contribution in [0, 0.1) is 0 Å². The molecule has 0 radical (unpaired) electrons. The van der Waals surface area contributed by atoms with E-state index >= 15 is 0 Å². The van der Waals surface area contributed by atoms with Gasteiger partial charge in [-0.15, -0.1) is 12.4 Å². The number of para-hydroxylation sites is 1. The van der Waals surface area contributed by atoms with Crippen molar-refractivity contribution in [3.63, 3.8) is 0 Å². The van der Waals surface area contributed by atoms with Crippen LogP contribution in [0.15, 0.2) is 24.3 Å². The minimum atomic E-state index is -0.108. The molecule has 0 saturated carbocycles. The van der Waals surface area contributed by atoms with Gasteiger partial charge in [0.05, 0.1) is 5.02 Å². The number of hydrogen-bond acceptors (Lipinski definition) is 3. The summed E-state index contributed by atoms with van der Waals surface area (Å²) < 4.78 is 5.38. The highest BCUT2D eigenvalue weighted by Gasteiger charge is 2.15. The normalized spacial score (nSPS) is 18.3. The van der Waals surface area contributed by atoms with Gasteiger partial charge in [-0.05, 0) is 31.5 Å². The van der Waals surface area contributed by atoms with Gasteiger partial charge in [0.1, 0.15) is 5.75 Å². The number of halogens is 2. The summed E-state index contributed by atoms with van der Waals surface area (Å²) in [6, 6.07) is 7.34. The Morgan fingerprint density at radius 3 is 2.95 bits per heavy atom. The van der Waals surface area contributed by atoms with Gasteiger partial charge in [0.15, 0.2) is 6.61 Å². The number of amides is 1. The zero-order valence-electron chi connectivity index (χ0n) is 10.5. The smallest absolute Gasteiger partial charge is 0.258 e. The molecule has 1 aromatic rings. The molecule has 1 aliphatic rings. The number of carbonyl (C=O) groups excluding carboxylic acids is 1. The highest BCUT2D eigenvalue weighted by atomic mass is 35.5. The van der Waals surface area contributed by atoms with Crippen LogP contribution in [0.2, 0.25) is 5.02 Å². The molecule has 0 aliphatic carbocycles. The molecule has 1 heterocycles. The molecule has 1 fully saturated rings. The number of rotatable bonds is 4. The summed E-state index contributed by atoms with van der Waals surface area (Å²) in [6.07, 6.45) is 2.11. The van der Waals surface area contributed by atoms with Gasteiger partial charge in [-0.3, -0.25) is 4.79 Å². The van der Waals surface area contributed by atoms with Crippen LogP contribution < -0.4 is 15.4 Å². The molecule has 1 aliphatic heterocycles. The second-order valence-electron chi connectivity index (χ2n) is 4.33. The highest BCUT2D eigenvalue weighted by molar-refractivity contribution is 6.32. The monoisotopic (exact) mass is 304 g/mol. The molecule has 0 bridgehead atoms. The van der Waals surface area contributed by atoms with Gasteiger partial charge < -0.3 is 15.4 Å². The van der Waals surface area contributed by atoms with Gasteiger partial charge >= 0.3 is 0 Å². The maximum absolute atomic E-state index is 11.7. The molecule has 2 rings (SSSR count). The van der Waals surface area contributed by atoms with E-state index in [2.05, 4.69) is 10.6 Å². The van der Waals surface area contributed by atoms with Crippen LogP contribution in [-0.2, 0) is 4.79 Å². The largest absolute Gasteiger partial charge is 0.482 e. The average molecular weight is 305 g/mol. The topological polar surface area (TPSA) is 50.4 Å². The Morgan fingerprint density at radius 2 is 2.26 bits per heavy atom. The van der Waals surface area contributed by atoms with E-state index in [9.17, 15) is 4.79 Å². The first-order chi connectivity index (χ1) is 8.75. The third kappa shape index (κ3) is 5.27. The molecule has 1 amide bonds. The van der Waals surface area contributed by atoms with Crippen molar-refractivity contribution >= 4 is 29.9 Å². The average Bonchev–Trinajstić information content (AvgIpc) is 2.39. The third-order valence-electron chi connectivity index (χ3n) is 2.86. The molecule has 6 heteroatoms. The zero-order chi connectivity index (χ0) is 12.8. The number of piperidine rings is 1. The highest BCUT2D eigenvalue weighted by Crippen LogP contribution is 2.22. The minimum absolute atomic E-state index is 0. The van der Waals surface area contributed by atoms with Crippen LogP contribution in [0.5, 0.6) is 5.75 Å². The maximum atomic E-state index is 11.7. The van der Waals surface area contributed by atoms with Crippen molar-refractivity contribution in [3.8, 4) is 5.75 Å². The van der Waals surface area contributed by atoms with Crippen molar-refractivity contribution in [1.82, 2.24) is 10.6 Å². The fourth-order valence-corrected chi connectivity index (χ4v) is 2.14. The summed E-state index contributed by atoms with van der Waals surface area (Å²) in [5.41, 5.74) is 0. The fraction of sp³-hybridized carbons (Fsp3) is 0.462. The maximum Gasteiger partial charge on any atom is 0.258 e. The van der Waals surface area contributed by atoms with Crippen LogP contribution in [0.4, 0.5) is 0 Å². The Labute approximate surface area is 124 Å². The van der Waals surface area contributed by atoms with E-state index in [1.807, 2.05) is 12.1 Å². The Hall–Kier alpha value is -0.970. The van der Waals surface area contributed by atoms with E-state index < -0.39 is 0 Å². The van der Waals surface area contributed by atoms with Crippen LogP contribution in [-0.4, -0.2) is 31.6 Å². The van der Waals surface area contributed by atoms with Crippen molar-refractivity contribution in [2.45, 2.75) is 18.9 Å². The van der Waals surface area contributed by atoms with E-state index in [1.165, 1.54) is 0 Å². The summed E-state index contributed by atoms with van der Waals surface area (Å²) in [5, 5.41) is 6.70. The fourth-order valence-electron chi connectivity index (χ4n) is 1.95. The lowest BCUT2D eigenvalue weighted by atomic mass is 10.1. The van der Waals surface area contributed by atoms with Gasteiger partial charge in [-0.25, -0.2) is 0 Å². The van der Waals surface area contributed by atoms with Gasteiger partial charge in [0.2, 0.25) is 0 Å². The molecule has 4 nitrogen and oxygen atoms in total. The van der Waals surface area contributed by atoms with E-state index in [0.717, 1.165) is 25.9 Å². The lowest BCUT2D eigenvalue weighted by Gasteiger charge is -2.23. The number of nitrogens with one attached hydrogen (secondary N) is 2.